The third-order valence-corrected chi connectivity index (χ3v) is 6.66. The molecule has 0 radical (unpaired) electrons. The Bertz CT molecular complexity index is 1150. The zero-order valence-corrected chi connectivity index (χ0v) is 17.7. The molecule has 154 valence electrons. The molecule has 1 aromatic heterocycles. The number of benzene rings is 1. The van der Waals surface area contributed by atoms with Gasteiger partial charge in [-0.3, -0.25) is 4.79 Å². The van der Waals surface area contributed by atoms with E-state index in [9.17, 15) is 14.4 Å². The number of hydrogen-bond donors (Lipinski definition) is 1. The molecule has 1 aliphatic carbocycles. The Morgan fingerprint density at radius 2 is 2.20 bits per heavy atom. The van der Waals surface area contributed by atoms with Crippen molar-refractivity contribution in [2.45, 2.75) is 38.7 Å². The Kier molecular flexibility index (Phi) is 5.54. The van der Waals surface area contributed by atoms with Crippen molar-refractivity contribution < 1.29 is 18.7 Å². The van der Waals surface area contributed by atoms with Gasteiger partial charge in [-0.25, -0.2) is 4.39 Å². The lowest BCUT2D eigenvalue weighted by Crippen LogP contribution is -2.27. The van der Waals surface area contributed by atoms with E-state index < -0.39 is 11.7 Å². The van der Waals surface area contributed by atoms with Gasteiger partial charge >= 0.3 is 0 Å². The van der Waals surface area contributed by atoms with Crippen LogP contribution in [-0.4, -0.2) is 5.78 Å². The predicted molar refractivity (Wildman–Crippen MR) is 111 cm³/mol. The van der Waals surface area contributed by atoms with Gasteiger partial charge in [0.15, 0.2) is 5.78 Å². The minimum atomic E-state index is -0.529. The van der Waals surface area contributed by atoms with Crippen LogP contribution in [0.5, 0.6) is 5.75 Å². The number of rotatable bonds is 4. The summed E-state index contributed by atoms with van der Waals surface area (Å²) in [6.07, 6.45) is 1.77. The molecule has 4 rings (SSSR count). The van der Waals surface area contributed by atoms with E-state index in [4.69, 9.17) is 26.8 Å². The van der Waals surface area contributed by atoms with Gasteiger partial charge in [0, 0.05) is 33.7 Å². The van der Waals surface area contributed by atoms with Gasteiger partial charge in [-0.05, 0) is 37.6 Å². The summed E-state index contributed by atoms with van der Waals surface area (Å²) in [5, 5.41) is 9.88. The number of halogens is 2. The topological polar surface area (TPSA) is 85.3 Å². The van der Waals surface area contributed by atoms with Crippen LogP contribution in [0, 0.1) is 24.1 Å². The lowest BCUT2D eigenvalue weighted by molar-refractivity contribution is -0.116. The van der Waals surface area contributed by atoms with Gasteiger partial charge < -0.3 is 15.2 Å². The average molecular weight is 445 g/mol. The monoisotopic (exact) mass is 444 g/mol. The van der Waals surface area contributed by atoms with Crippen molar-refractivity contribution in [3.05, 3.63) is 73.2 Å². The van der Waals surface area contributed by atoms with Crippen molar-refractivity contribution in [1.29, 1.82) is 5.26 Å². The number of carbonyl (C=O) groups excluding carboxylic acids is 1. The Morgan fingerprint density at radius 3 is 2.93 bits per heavy atom. The van der Waals surface area contributed by atoms with E-state index in [1.165, 1.54) is 29.5 Å². The molecular weight excluding hydrogens is 427 g/mol. The van der Waals surface area contributed by atoms with E-state index in [0.29, 0.717) is 36.3 Å². The van der Waals surface area contributed by atoms with Gasteiger partial charge in [-0.15, -0.1) is 11.3 Å². The minimum absolute atomic E-state index is 0.0107. The molecule has 0 spiro atoms. The van der Waals surface area contributed by atoms with E-state index in [1.54, 1.807) is 0 Å². The fraction of sp³-hybridized carbons (Fsp3) is 0.273. The lowest BCUT2D eigenvalue weighted by atomic mass is 9.80. The normalized spacial score (nSPS) is 18.7. The smallest absolute Gasteiger partial charge is 0.205 e. The summed E-state index contributed by atoms with van der Waals surface area (Å²) < 4.78 is 24.6. The molecular formula is C22H18ClFN2O3S. The molecule has 0 saturated carbocycles. The molecule has 0 bridgehead atoms. The number of aryl methyl sites for hydroxylation is 1. The molecule has 30 heavy (non-hydrogen) atoms. The van der Waals surface area contributed by atoms with E-state index in [0.717, 1.165) is 15.3 Å². The predicted octanol–water partition coefficient (Wildman–Crippen LogP) is 5.24. The van der Waals surface area contributed by atoms with Crippen molar-refractivity contribution in [1.82, 2.24) is 0 Å². The van der Waals surface area contributed by atoms with Crippen molar-refractivity contribution in [2.24, 2.45) is 5.73 Å². The lowest BCUT2D eigenvalue weighted by Gasteiger charge is -2.30. The van der Waals surface area contributed by atoms with Crippen LogP contribution in [-0.2, 0) is 16.1 Å². The maximum atomic E-state index is 13.2. The molecule has 2 heterocycles. The summed E-state index contributed by atoms with van der Waals surface area (Å²) in [4.78, 5) is 14.5. The number of allylic oxidation sites excluding steroid dienone is 3. The first-order valence-electron chi connectivity index (χ1n) is 9.40. The SMILES string of the molecule is Cc1sc([C@@H]2C(C#N)=C(N)OC3=C2C(=O)CCC3)cc1COc1ccc(F)cc1Cl. The van der Waals surface area contributed by atoms with Gasteiger partial charge in [-0.1, -0.05) is 11.6 Å². The molecule has 8 heteroatoms. The van der Waals surface area contributed by atoms with Crippen molar-refractivity contribution in [3.8, 4) is 11.8 Å². The highest BCUT2D eigenvalue weighted by molar-refractivity contribution is 7.12. The van der Waals surface area contributed by atoms with Crippen molar-refractivity contribution in [2.75, 3.05) is 0 Å². The second-order valence-corrected chi connectivity index (χ2v) is 8.83. The maximum absolute atomic E-state index is 13.2. The van der Waals surface area contributed by atoms with E-state index in [1.807, 2.05) is 13.0 Å². The second-order valence-electron chi connectivity index (χ2n) is 7.13. The van der Waals surface area contributed by atoms with Crippen LogP contribution >= 0.6 is 22.9 Å². The van der Waals surface area contributed by atoms with Crippen LogP contribution in [0.4, 0.5) is 4.39 Å². The maximum Gasteiger partial charge on any atom is 0.205 e. The summed E-state index contributed by atoms with van der Waals surface area (Å²) in [5.74, 6) is 0.0237. The van der Waals surface area contributed by atoms with E-state index in [-0.39, 0.29) is 28.9 Å². The van der Waals surface area contributed by atoms with E-state index >= 15 is 0 Å². The molecule has 2 N–H and O–H groups in total. The number of Topliss-reactive ketones (excluding diaryl/α,β-unsaturated/α-hetero) is 1. The molecule has 0 amide bonds. The van der Waals surface area contributed by atoms with Gasteiger partial charge in [0.2, 0.25) is 5.88 Å². The summed E-state index contributed by atoms with van der Waals surface area (Å²) in [6.45, 7) is 2.16. The van der Waals surface area contributed by atoms with Crippen LogP contribution in [0.3, 0.4) is 0 Å². The number of nitriles is 1. The highest BCUT2D eigenvalue weighted by atomic mass is 35.5. The molecule has 1 aliphatic heterocycles. The number of nitrogens with zero attached hydrogens (tertiary/aromatic N) is 1. The second kappa shape index (κ2) is 8.13. The first kappa shape index (κ1) is 20.5. The molecule has 2 aliphatic rings. The first-order chi connectivity index (χ1) is 14.4. The number of carbonyl (C=O) groups is 1. The zero-order chi connectivity index (χ0) is 21.4. The first-order valence-corrected chi connectivity index (χ1v) is 10.6. The number of thiophene rings is 1. The molecule has 1 atom stereocenters. The summed E-state index contributed by atoms with van der Waals surface area (Å²) in [6, 6.07) is 8.00. The Balaban J connectivity index is 1.66. The molecule has 0 fully saturated rings. The summed E-state index contributed by atoms with van der Waals surface area (Å²) in [5.41, 5.74) is 7.67. The highest BCUT2D eigenvalue weighted by Gasteiger charge is 2.39. The highest BCUT2D eigenvalue weighted by Crippen LogP contribution is 2.46. The number of nitrogens with two attached hydrogens (primary N) is 1. The fourth-order valence-corrected chi connectivity index (χ4v) is 5.10. The largest absolute Gasteiger partial charge is 0.487 e. The standard InChI is InChI=1S/C22H18ClFN2O3S/c1-11-12(10-28-17-6-5-13(24)8-15(17)23)7-19(30-11)20-14(9-25)22(26)29-18-4-2-3-16(27)21(18)20/h5-8,20H,2-4,10,26H2,1H3/t20-/m0/s1. The van der Waals surface area contributed by atoms with Crippen LogP contribution in [0.25, 0.3) is 0 Å². The van der Waals surface area contributed by atoms with Crippen LogP contribution in [0.2, 0.25) is 5.02 Å². The van der Waals surface area contributed by atoms with Crippen LogP contribution < -0.4 is 10.5 Å². The van der Waals surface area contributed by atoms with Crippen molar-refractivity contribution >= 4 is 28.7 Å². The van der Waals surface area contributed by atoms with Crippen LogP contribution in [0.15, 0.2) is 47.1 Å². The van der Waals surface area contributed by atoms with Gasteiger partial charge in [0.25, 0.3) is 0 Å². The van der Waals surface area contributed by atoms with Gasteiger partial charge in [0.1, 0.15) is 35.6 Å². The molecule has 0 unspecified atom stereocenters. The van der Waals surface area contributed by atoms with Crippen LogP contribution in [0.1, 0.15) is 40.5 Å². The fourth-order valence-electron chi connectivity index (χ4n) is 3.72. The molecule has 5 nitrogen and oxygen atoms in total. The Labute approximate surface area is 182 Å². The number of hydrogen-bond acceptors (Lipinski definition) is 6. The minimum Gasteiger partial charge on any atom is -0.487 e. The third kappa shape index (κ3) is 3.69. The number of ketones is 1. The summed E-state index contributed by atoms with van der Waals surface area (Å²) in [7, 11) is 0. The average Bonchev–Trinajstić information content (AvgIpc) is 3.07. The van der Waals surface area contributed by atoms with Gasteiger partial charge in [0.05, 0.1) is 10.9 Å². The Hall–Kier alpha value is -2.82. The summed E-state index contributed by atoms with van der Waals surface area (Å²) >= 11 is 7.52. The van der Waals surface area contributed by atoms with Gasteiger partial charge in [-0.2, -0.15) is 5.26 Å². The molecule has 1 aromatic carbocycles. The molecule has 0 saturated heterocycles. The van der Waals surface area contributed by atoms with E-state index in [2.05, 4.69) is 6.07 Å². The van der Waals surface area contributed by atoms with Crippen molar-refractivity contribution in [3.63, 3.8) is 0 Å². The number of ether oxygens (including phenoxy) is 2. The quantitative estimate of drug-likeness (QED) is 0.696. The third-order valence-electron chi connectivity index (χ3n) is 5.21. The zero-order valence-electron chi connectivity index (χ0n) is 16.1. The Morgan fingerprint density at radius 1 is 1.40 bits per heavy atom. The molecule has 2 aromatic rings.